The summed E-state index contributed by atoms with van der Waals surface area (Å²) >= 11 is 16.5. The zero-order valence-corrected chi connectivity index (χ0v) is 76.3. The number of halogens is 3. The molecular weight excluding hydrogens is 1700 g/mol. The molecule has 5 N–H and O–H groups in total. The molecule has 4 bridgehead atoms. The summed E-state index contributed by atoms with van der Waals surface area (Å²) in [6.45, 7) is 27.3. The summed E-state index contributed by atoms with van der Waals surface area (Å²) in [4.78, 5) is 157. The summed E-state index contributed by atoms with van der Waals surface area (Å²) in [5.74, 6) is -1.69. The largest absolute Gasteiger partial charge is 0.534 e. The second-order valence-electron chi connectivity index (χ2n) is 37.0. The Morgan fingerprint density at radius 3 is 1.46 bits per heavy atom. The van der Waals surface area contributed by atoms with Gasteiger partial charge in [0, 0.05) is 84.3 Å². The number of allylic oxidation sites excluding steroid dienone is 2. The van der Waals surface area contributed by atoms with Gasteiger partial charge in [-0.25, -0.2) is 24.7 Å². The SMILES string of the molecule is C=C[C@@H]1C[C@]1(CC(=O)[C@@H]1C[C@@H](Oc2cc(-c3csc(NC(C)C)n3)nc3c(Cl)c(OC)ccc23)CN1C(=O)[C@@H](CC(=O)OC1CC2CCC1C2)C(C)(C)C)C(=O)O.C=C[C@@H]1C[C@]1(CC(=O)[C@@H]1C[C@@H](Oc2cc(-c3csc(NC(C)C)n3)nc3c(Cl)c(OC)ccc23)CN1C(=O)[C@@H](N)C(C)(C)C)C(=O)OC.Cl.O=C(OC1CC2CCC1C2)ON1C(=O)CCC1=O. The number of Topliss-reactive ketones (excluding diaryl/α,β-unsaturated/α-hetero) is 2. The van der Waals surface area contributed by atoms with Gasteiger partial charge >= 0.3 is 24.1 Å². The molecule has 0 spiro atoms. The molecular formula is C90H113Cl3N10O19S2. The highest BCUT2D eigenvalue weighted by Gasteiger charge is 2.63. The number of ketones is 2. The quantitative estimate of drug-likeness (QED) is 0.0147. The maximum atomic E-state index is 14.8. The van der Waals surface area contributed by atoms with E-state index in [0.717, 1.165) is 48.8 Å². The smallest absolute Gasteiger partial charge is 0.495 e. The van der Waals surface area contributed by atoms with E-state index in [0.29, 0.717) is 119 Å². The van der Waals surface area contributed by atoms with Gasteiger partial charge in [-0.15, -0.1) is 48.2 Å². The summed E-state index contributed by atoms with van der Waals surface area (Å²) in [5, 5.41) is 24.5. The van der Waals surface area contributed by atoms with Gasteiger partial charge in [-0.05, 0) is 163 Å². The average molecular weight is 1810 g/mol. The lowest BCUT2D eigenvalue weighted by molar-refractivity contribution is -0.179. The van der Waals surface area contributed by atoms with Crippen LogP contribution in [0, 0.1) is 63.1 Å². The molecule has 6 saturated carbocycles. The molecule has 3 aliphatic heterocycles. The van der Waals surface area contributed by atoms with Crippen LogP contribution in [0.1, 0.15) is 178 Å². The van der Waals surface area contributed by atoms with Crippen molar-refractivity contribution in [2.45, 2.75) is 233 Å². The van der Waals surface area contributed by atoms with Crippen LogP contribution in [0.4, 0.5) is 15.1 Å². The first kappa shape index (κ1) is 93.9. The summed E-state index contributed by atoms with van der Waals surface area (Å²) in [6, 6.07) is 8.36. The van der Waals surface area contributed by atoms with Gasteiger partial charge in [-0.3, -0.25) is 48.0 Å². The van der Waals surface area contributed by atoms with Crippen molar-refractivity contribution < 1.29 is 91.0 Å². The minimum atomic E-state index is -1.26. The topological polar surface area (TPSA) is 376 Å². The molecule has 6 aromatic rings. The average Bonchev–Trinajstić information content (AvgIpc) is 1.58. The number of carboxylic acid groups (broad SMARTS) is 1. The van der Waals surface area contributed by atoms with E-state index in [1.54, 1.807) is 42.5 Å². The Balaban J connectivity index is 0.000000188. The number of nitrogens with two attached hydrogens (primary N) is 1. The summed E-state index contributed by atoms with van der Waals surface area (Å²) in [7, 11) is 4.37. The second kappa shape index (κ2) is 38.1. The van der Waals surface area contributed by atoms with Gasteiger partial charge < -0.3 is 64.4 Å². The number of pyridine rings is 2. The number of anilines is 2. The van der Waals surface area contributed by atoms with Crippen molar-refractivity contribution in [3.63, 3.8) is 0 Å². The van der Waals surface area contributed by atoms with Crippen LogP contribution in [0.25, 0.3) is 44.6 Å². The number of imide groups is 1. The van der Waals surface area contributed by atoms with Crippen LogP contribution < -0.4 is 35.3 Å². The number of likely N-dealkylation sites (tertiary alicyclic amines) is 2. The van der Waals surface area contributed by atoms with Gasteiger partial charge in [0.1, 0.15) is 68.8 Å². The van der Waals surface area contributed by atoms with Gasteiger partial charge in [0.25, 0.3) is 11.8 Å². The molecule has 2 aromatic carbocycles. The van der Waals surface area contributed by atoms with Crippen molar-refractivity contribution in [2.75, 3.05) is 45.1 Å². The van der Waals surface area contributed by atoms with Gasteiger partial charge in [-0.2, -0.15) is 0 Å². The van der Waals surface area contributed by atoms with E-state index in [1.165, 1.54) is 66.6 Å². The maximum Gasteiger partial charge on any atom is 0.534 e. The van der Waals surface area contributed by atoms with E-state index in [2.05, 4.69) is 28.6 Å². The first-order valence-electron chi connectivity index (χ1n) is 42.3. The molecule has 4 amide bonds. The summed E-state index contributed by atoms with van der Waals surface area (Å²) in [6.07, 6.45) is 10.2. The number of methoxy groups -OCH3 is 3. The van der Waals surface area contributed by atoms with Gasteiger partial charge in [0.2, 0.25) is 11.8 Å². The normalized spacial score (nSPS) is 26.2. The van der Waals surface area contributed by atoms with Crippen LogP contribution in [0.5, 0.6) is 23.0 Å². The van der Waals surface area contributed by atoms with Crippen molar-refractivity contribution >= 4 is 150 Å². The van der Waals surface area contributed by atoms with Crippen molar-refractivity contribution in [2.24, 2.45) is 68.8 Å². The van der Waals surface area contributed by atoms with Crippen molar-refractivity contribution in [1.29, 1.82) is 0 Å². The molecule has 670 valence electrons. The van der Waals surface area contributed by atoms with Crippen molar-refractivity contribution in [3.8, 4) is 45.8 Å². The van der Waals surface area contributed by atoms with Crippen molar-refractivity contribution in [1.82, 2.24) is 34.8 Å². The fourth-order valence-electron chi connectivity index (χ4n) is 18.6. The molecule has 4 aromatic heterocycles. The van der Waals surface area contributed by atoms with E-state index < -0.39 is 93.8 Å². The monoisotopic (exact) mass is 1810 g/mol. The Bertz CT molecular complexity index is 5090. The van der Waals surface area contributed by atoms with Crippen LogP contribution in [-0.2, 0) is 62.2 Å². The van der Waals surface area contributed by atoms with E-state index in [1.807, 2.05) is 86.1 Å². The van der Waals surface area contributed by atoms with Crippen LogP contribution in [-0.4, -0.2) is 188 Å². The van der Waals surface area contributed by atoms with Crippen LogP contribution in [0.3, 0.4) is 0 Å². The third kappa shape index (κ3) is 20.2. The number of esters is 2. The molecule has 9 aliphatic rings. The number of fused-ring (bicyclic) bond motifs is 6. The standard InChI is InChI=1S/C43H53ClN4O8S.C35H44ClN5O6S.C12H15NO5.ClH/c1-8-25-18-43(25,40(52)53)19-32(49)31-15-26(20-48(31)39(51)28(42(4,5)6)16-36(50)56-34-14-23-9-10-24(34)13-23)55-35-17-29(30-21-57-41(47-30)45-22(2)3)46-38-27(35)11-12-33(54-7)37(38)44;1-9-19-14-35(19,32(44)46-8)15-25(42)24-12-20(16-41(24)31(43)30(37)34(4,5)6)47-27-13-22(23-17-48-33(40-23)38-18(2)3)39-29-21(27)10-11-26(45-7)28(29)36;14-10-3-4-11(15)13(10)18-12(16)17-9-6-7-1-2-8(9)5-7;/h8,11-12,17,21-26,28,31,34H,1,9-10,13-16,18-20H2,2-7H3,(H,45,47)(H,52,53);9-11,13,17-20,24,30H,1,12,14-16,37H2,2-8H3,(H,38,40);7-9H,1-6H2;1H/t23?,24?,25-,26-,28-,31+,34?,43-;19-,20-,24+,30-,35-;;/m11../s1. The van der Waals surface area contributed by atoms with Gasteiger partial charge in [0.15, 0.2) is 21.8 Å². The van der Waals surface area contributed by atoms with E-state index in [-0.39, 0.29) is 130 Å². The highest BCUT2D eigenvalue weighted by Crippen LogP contribution is 2.59. The zero-order valence-electron chi connectivity index (χ0n) is 72.3. The Morgan fingerprint density at radius 2 is 1.06 bits per heavy atom. The molecule has 7 heterocycles. The third-order valence-corrected chi connectivity index (χ3v) is 28.0. The minimum Gasteiger partial charge on any atom is -0.495 e. The number of aliphatic carboxylic acids is 1. The predicted octanol–water partition coefficient (Wildman–Crippen LogP) is 15.9. The number of nitrogens with zero attached hydrogens (tertiary/aromatic N) is 7. The molecule has 6 aliphatic carbocycles. The molecule has 124 heavy (non-hydrogen) atoms. The number of aromatic nitrogens is 4. The Labute approximate surface area is 746 Å². The molecule has 15 rings (SSSR count). The van der Waals surface area contributed by atoms with Gasteiger partial charge in [-0.1, -0.05) is 82.0 Å². The number of nitrogens with one attached hydrogen (secondary N) is 2. The second-order valence-corrected chi connectivity index (χ2v) is 39.5. The Kier molecular flexibility index (Phi) is 28.9. The molecule has 0 radical (unpaired) electrons. The number of benzene rings is 2. The van der Waals surface area contributed by atoms with Crippen LogP contribution >= 0.6 is 58.3 Å². The number of ether oxygens (including phenoxy) is 7. The highest BCUT2D eigenvalue weighted by molar-refractivity contribution is 7.14. The molecule has 16 atom stereocenters. The lowest BCUT2D eigenvalue weighted by atomic mass is 9.77. The zero-order chi connectivity index (χ0) is 88.8. The first-order chi connectivity index (χ1) is 58.3. The fourth-order valence-corrected chi connectivity index (χ4v) is 20.9. The number of carboxylic acids is 1. The fraction of sp³-hybridized carbons (Fsp3) is 0.578. The lowest BCUT2D eigenvalue weighted by Gasteiger charge is -2.35. The number of thiazole rings is 2. The number of hydroxylamine groups is 2. The predicted molar refractivity (Wildman–Crippen MR) is 471 cm³/mol. The number of carbonyl (C=O) groups is 10. The maximum absolute atomic E-state index is 14.8. The third-order valence-electron chi connectivity index (χ3n) is 25.7. The first-order valence-corrected chi connectivity index (χ1v) is 44.8. The highest BCUT2D eigenvalue weighted by atomic mass is 35.5. The Hall–Kier alpha value is -9.27. The molecule has 29 nitrogen and oxygen atoms in total. The summed E-state index contributed by atoms with van der Waals surface area (Å²) < 4.78 is 40.7. The molecule has 6 unspecified atom stereocenters. The number of rotatable bonds is 29. The van der Waals surface area contributed by atoms with E-state index in [4.69, 9.17) is 82.0 Å². The van der Waals surface area contributed by atoms with Crippen molar-refractivity contribution in [3.05, 3.63) is 82.5 Å². The van der Waals surface area contributed by atoms with E-state index in [9.17, 15) is 53.1 Å². The van der Waals surface area contributed by atoms with Crippen LogP contribution in [0.15, 0.2) is 72.5 Å². The molecule has 34 heteroatoms. The summed E-state index contributed by atoms with van der Waals surface area (Å²) in [5.41, 5.74) is 6.19. The Morgan fingerprint density at radius 1 is 0.613 bits per heavy atom. The number of amides is 4. The number of hydrogen-bond donors (Lipinski definition) is 4. The molecule has 9 fully saturated rings. The molecule has 3 saturated heterocycles. The number of hydrogen-bond acceptors (Lipinski definition) is 27. The lowest BCUT2D eigenvalue weighted by Crippen LogP contribution is -2.53. The van der Waals surface area contributed by atoms with Gasteiger partial charge in [0.05, 0.1) is 98.1 Å². The minimum absolute atomic E-state index is 0. The van der Waals surface area contributed by atoms with Crippen LogP contribution in [0.2, 0.25) is 10.0 Å². The van der Waals surface area contributed by atoms with E-state index >= 15 is 0 Å². The number of carbonyl (C=O) groups excluding carboxylic acids is 9.